The Balaban J connectivity index is 0.996. The van der Waals surface area contributed by atoms with Crippen molar-refractivity contribution in [3.05, 3.63) is 357 Å². The summed E-state index contributed by atoms with van der Waals surface area (Å²) >= 11 is 0. The Morgan fingerprint density at radius 3 is 1.42 bits per heavy atom. The Kier molecular flexibility index (Phi) is 11.3. The Morgan fingerprint density at radius 2 is 0.833 bits per heavy atom. The maximum Gasteiger partial charge on any atom is 0.252 e. The minimum Gasteiger partial charge on any atom is -0.311 e. The van der Waals surface area contributed by atoms with Gasteiger partial charge < -0.3 is 14.4 Å². The molecule has 4 aliphatic rings. The third-order valence-corrected chi connectivity index (χ3v) is 20.8. The van der Waals surface area contributed by atoms with Gasteiger partial charge >= 0.3 is 0 Å². The number of benzene rings is 13. The van der Waals surface area contributed by atoms with Crippen LogP contribution >= 0.6 is 0 Å². The van der Waals surface area contributed by atoms with E-state index < -0.39 is 10.8 Å². The van der Waals surface area contributed by atoms with Crippen molar-refractivity contribution in [1.29, 1.82) is 0 Å². The second kappa shape index (κ2) is 19.4. The minimum absolute atomic E-state index is 0.120. The predicted molar refractivity (Wildman–Crippen MR) is 378 cm³/mol. The summed E-state index contributed by atoms with van der Waals surface area (Å²) in [5, 5.41) is 2.57. The number of aryl methyl sites for hydroxylation is 6. The maximum absolute atomic E-state index is 2.70. The van der Waals surface area contributed by atoms with Gasteiger partial charge in [0.25, 0.3) is 6.71 Å². The molecule has 18 rings (SSSR count). The number of hydrogen-bond acceptors (Lipinski definition) is 2. The molecule has 13 aromatic carbocycles. The summed E-state index contributed by atoms with van der Waals surface area (Å²) < 4.78 is 2.65. The normalized spacial score (nSPS) is 14.0. The molecule has 0 saturated heterocycles. The highest BCUT2D eigenvalue weighted by atomic mass is 15.2. The molecule has 0 saturated carbocycles. The molecule has 3 heterocycles. The molecule has 0 radical (unpaired) electrons. The van der Waals surface area contributed by atoms with E-state index in [2.05, 4.69) is 335 Å². The molecule has 14 aromatic rings. The molecule has 3 nitrogen and oxygen atoms in total. The van der Waals surface area contributed by atoms with Crippen LogP contribution in [0.3, 0.4) is 0 Å². The van der Waals surface area contributed by atoms with Crippen LogP contribution in [0.2, 0.25) is 0 Å². The summed E-state index contributed by atoms with van der Waals surface area (Å²) in [5.74, 6) is 0. The first-order chi connectivity index (χ1) is 44.1. The highest BCUT2D eigenvalue weighted by Crippen LogP contribution is 2.60. The fourth-order valence-electron chi connectivity index (χ4n) is 17.4. The molecule has 2 aliphatic carbocycles. The Bertz CT molecular complexity index is 5210. The quantitative estimate of drug-likeness (QED) is 0.141. The standard InChI is InChI=1S/C86H64BN3/c1-53-41-44-77-69(45-53)70-46-54(2)47-76-84(70)89(77)79-49-64(88(82-55(3)25-23-26-56(82)4)63-42-43-67-65-37-19-21-39-71(65)85(73(67)48-63,59-29-11-7-12-30-59)60-31-13-8-14-32-60)50-80-81(79)87(76)75-51-68-66-38-20-22-40-72(66)86(61-33-15-9-16-34-61,62-35-17-10-18-36-62)74(68)52-78(75)90(80)83-57(5)27-24-28-58(83)6/h7-52H,1-6H3. The summed E-state index contributed by atoms with van der Waals surface area (Å²) in [5.41, 5.74) is 36.0. The molecule has 426 valence electrons. The third-order valence-electron chi connectivity index (χ3n) is 20.8. The van der Waals surface area contributed by atoms with Gasteiger partial charge in [-0.05, 0) is 195 Å². The van der Waals surface area contributed by atoms with Crippen LogP contribution < -0.4 is 26.2 Å². The van der Waals surface area contributed by atoms with Gasteiger partial charge in [0.1, 0.15) is 0 Å². The van der Waals surface area contributed by atoms with Crippen LogP contribution in [0.25, 0.3) is 49.7 Å². The molecule has 0 spiro atoms. The molecule has 2 aliphatic heterocycles. The molecule has 0 fully saturated rings. The SMILES string of the molecule is Cc1ccc2c(c1)c1cc(C)cc3c1n2-c1cc(N(c2ccc4c(c2)C(c2ccccc2)(c2ccccc2)c2ccccc2-4)c2c(C)cccc2C)cc2c1B3c1cc3c(cc1N2c1c(C)cccc1C)C(c1ccccc1)(c1ccccc1)c1ccccc1-3. The molecule has 0 amide bonds. The van der Waals surface area contributed by atoms with E-state index >= 15 is 0 Å². The molecular formula is C86H64BN3. The second-order valence-electron chi connectivity index (χ2n) is 25.8. The van der Waals surface area contributed by atoms with Crippen LogP contribution in [-0.4, -0.2) is 11.3 Å². The number of para-hydroxylation sites is 2. The number of aromatic nitrogens is 1. The van der Waals surface area contributed by atoms with Crippen molar-refractivity contribution in [3.63, 3.8) is 0 Å². The number of fused-ring (bicyclic) bond motifs is 13. The Labute approximate surface area is 527 Å². The van der Waals surface area contributed by atoms with Crippen LogP contribution in [0.1, 0.15) is 77.9 Å². The maximum atomic E-state index is 2.70. The van der Waals surface area contributed by atoms with Crippen LogP contribution in [0.15, 0.2) is 279 Å². The molecule has 0 atom stereocenters. The van der Waals surface area contributed by atoms with Crippen molar-refractivity contribution in [2.45, 2.75) is 52.4 Å². The molecule has 0 unspecified atom stereocenters. The van der Waals surface area contributed by atoms with Crippen LogP contribution in [0, 0.1) is 41.5 Å². The van der Waals surface area contributed by atoms with Gasteiger partial charge in [-0.3, -0.25) is 0 Å². The zero-order chi connectivity index (χ0) is 60.3. The highest BCUT2D eigenvalue weighted by Gasteiger charge is 2.51. The van der Waals surface area contributed by atoms with Gasteiger partial charge in [0.2, 0.25) is 0 Å². The van der Waals surface area contributed by atoms with Crippen molar-refractivity contribution in [2.75, 3.05) is 9.80 Å². The number of rotatable bonds is 8. The van der Waals surface area contributed by atoms with Gasteiger partial charge in [-0.1, -0.05) is 242 Å². The average molecular weight is 1150 g/mol. The van der Waals surface area contributed by atoms with Crippen LogP contribution in [0.5, 0.6) is 0 Å². The van der Waals surface area contributed by atoms with Crippen molar-refractivity contribution in [2.24, 2.45) is 0 Å². The molecule has 4 heteroatoms. The largest absolute Gasteiger partial charge is 0.311 e. The Morgan fingerprint density at radius 1 is 0.333 bits per heavy atom. The van der Waals surface area contributed by atoms with Gasteiger partial charge in [0.15, 0.2) is 0 Å². The lowest BCUT2D eigenvalue weighted by Crippen LogP contribution is -2.60. The van der Waals surface area contributed by atoms with E-state index in [0.29, 0.717) is 0 Å². The zero-order valence-electron chi connectivity index (χ0n) is 51.5. The van der Waals surface area contributed by atoms with Crippen molar-refractivity contribution < 1.29 is 0 Å². The lowest BCUT2D eigenvalue weighted by molar-refractivity contribution is 0.768. The van der Waals surface area contributed by atoms with E-state index in [1.165, 1.54) is 167 Å². The van der Waals surface area contributed by atoms with Crippen LogP contribution in [0.4, 0.5) is 34.1 Å². The lowest BCUT2D eigenvalue weighted by atomic mass is 9.33. The number of hydrogen-bond donors (Lipinski definition) is 0. The summed E-state index contributed by atoms with van der Waals surface area (Å²) in [7, 11) is 0. The van der Waals surface area contributed by atoms with E-state index in [1.54, 1.807) is 0 Å². The molecule has 1 aromatic heterocycles. The smallest absolute Gasteiger partial charge is 0.252 e. The molecule has 90 heavy (non-hydrogen) atoms. The van der Waals surface area contributed by atoms with E-state index in [0.717, 1.165) is 11.4 Å². The second-order valence-corrected chi connectivity index (χ2v) is 25.8. The fraction of sp³-hybridized carbons (Fsp3) is 0.0930. The summed E-state index contributed by atoms with van der Waals surface area (Å²) in [6.45, 7) is 13.6. The van der Waals surface area contributed by atoms with Crippen molar-refractivity contribution in [1.82, 2.24) is 4.57 Å². The predicted octanol–water partition coefficient (Wildman–Crippen LogP) is 19.4. The third kappa shape index (κ3) is 7.02. The van der Waals surface area contributed by atoms with E-state index in [1.807, 2.05) is 0 Å². The summed E-state index contributed by atoms with van der Waals surface area (Å²) in [4.78, 5) is 5.32. The summed E-state index contributed by atoms with van der Waals surface area (Å²) in [6.07, 6.45) is 0. The van der Waals surface area contributed by atoms with Gasteiger partial charge in [0.05, 0.1) is 33.4 Å². The Hall–Kier alpha value is -10.7. The first-order valence-electron chi connectivity index (χ1n) is 31.9. The highest BCUT2D eigenvalue weighted by molar-refractivity contribution is 7.00. The van der Waals surface area contributed by atoms with Gasteiger partial charge in [-0.25, -0.2) is 0 Å². The van der Waals surface area contributed by atoms with E-state index in [4.69, 9.17) is 0 Å². The first kappa shape index (κ1) is 52.4. The average Bonchev–Trinajstić information content (AvgIpc) is 1.38. The van der Waals surface area contributed by atoms with Gasteiger partial charge in [0, 0.05) is 39.0 Å². The number of nitrogens with zero attached hydrogens (tertiary/aromatic N) is 3. The minimum atomic E-state index is -0.613. The molecule has 0 N–H and O–H groups in total. The first-order valence-corrected chi connectivity index (χ1v) is 31.9. The van der Waals surface area contributed by atoms with Gasteiger partial charge in [-0.2, -0.15) is 0 Å². The fourth-order valence-corrected chi connectivity index (χ4v) is 17.4. The molecular weight excluding hydrogens is 1090 g/mol. The zero-order valence-corrected chi connectivity index (χ0v) is 51.5. The van der Waals surface area contributed by atoms with Crippen molar-refractivity contribution in [3.8, 4) is 27.9 Å². The molecule has 0 bridgehead atoms. The van der Waals surface area contributed by atoms with Crippen molar-refractivity contribution >= 4 is 79.0 Å². The lowest BCUT2D eigenvalue weighted by Gasteiger charge is -2.43. The van der Waals surface area contributed by atoms with E-state index in [-0.39, 0.29) is 6.71 Å². The monoisotopic (exact) mass is 1150 g/mol. The van der Waals surface area contributed by atoms with Gasteiger partial charge in [-0.15, -0.1) is 0 Å². The van der Waals surface area contributed by atoms with E-state index in [9.17, 15) is 0 Å². The number of anilines is 6. The summed E-state index contributed by atoms with van der Waals surface area (Å²) in [6, 6.07) is 107. The van der Waals surface area contributed by atoms with Crippen LogP contribution in [-0.2, 0) is 10.8 Å². The topological polar surface area (TPSA) is 11.4 Å².